The van der Waals surface area contributed by atoms with E-state index in [9.17, 15) is 4.79 Å². The lowest BCUT2D eigenvalue weighted by atomic mass is 10.0. The number of hydrogen-bond acceptors (Lipinski definition) is 2. The molecule has 0 saturated carbocycles. The predicted octanol–water partition coefficient (Wildman–Crippen LogP) is 4.01. The number of rotatable bonds is 6. The summed E-state index contributed by atoms with van der Waals surface area (Å²) in [6, 6.07) is 5.88. The maximum Gasteiger partial charge on any atom is 0.133 e. The molecule has 2 nitrogen and oxygen atoms in total. The summed E-state index contributed by atoms with van der Waals surface area (Å²) in [6.07, 6.45) is 2.00. The predicted molar refractivity (Wildman–Crippen MR) is 73.5 cm³/mol. The third-order valence-electron chi connectivity index (χ3n) is 2.55. The molecule has 0 aliphatic heterocycles. The molecule has 0 aromatic heterocycles. The molecule has 0 aliphatic carbocycles. The highest BCUT2D eigenvalue weighted by molar-refractivity contribution is 9.10. The minimum absolute atomic E-state index is 0.321. The molecule has 0 spiro atoms. The fourth-order valence-electron chi connectivity index (χ4n) is 1.77. The van der Waals surface area contributed by atoms with Gasteiger partial charge >= 0.3 is 0 Å². The van der Waals surface area contributed by atoms with Gasteiger partial charge in [0.2, 0.25) is 0 Å². The van der Waals surface area contributed by atoms with Gasteiger partial charge in [0.15, 0.2) is 0 Å². The zero-order chi connectivity index (χ0) is 12.8. The second kappa shape index (κ2) is 6.80. The summed E-state index contributed by atoms with van der Waals surface area (Å²) in [4.78, 5) is 11.7. The Bertz CT molecular complexity index is 386. The number of ketones is 1. The van der Waals surface area contributed by atoms with Crippen molar-refractivity contribution in [3.8, 4) is 5.75 Å². The molecule has 94 valence electrons. The van der Waals surface area contributed by atoms with E-state index in [0.29, 0.717) is 24.5 Å². The number of ether oxygens (including phenoxy) is 1. The van der Waals surface area contributed by atoms with Gasteiger partial charge in [-0.05, 0) is 36.1 Å². The Labute approximate surface area is 111 Å². The van der Waals surface area contributed by atoms with Crippen LogP contribution in [0, 0.1) is 5.92 Å². The fourth-order valence-corrected chi connectivity index (χ4v) is 2.18. The van der Waals surface area contributed by atoms with Crippen LogP contribution < -0.4 is 4.74 Å². The van der Waals surface area contributed by atoms with Crippen molar-refractivity contribution in [1.29, 1.82) is 0 Å². The number of carbonyl (C=O) groups excluding carboxylic acids is 1. The van der Waals surface area contributed by atoms with Crippen LogP contribution in [0.4, 0.5) is 0 Å². The van der Waals surface area contributed by atoms with Gasteiger partial charge in [0.1, 0.15) is 11.5 Å². The lowest BCUT2D eigenvalue weighted by molar-refractivity contribution is -0.119. The number of carbonyl (C=O) groups is 1. The average molecular weight is 299 g/mol. The zero-order valence-electron chi connectivity index (χ0n) is 10.6. The Balaban J connectivity index is 2.62. The summed E-state index contributed by atoms with van der Waals surface area (Å²) in [5.41, 5.74) is 1.08. The molecule has 0 atom stereocenters. The molecule has 1 aromatic rings. The van der Waals surface area contributed by atoms with Gasteiger partial charge in [0.05, 0.1) is 7.11 Å². The zero-order valence-corrected chi connectivity index (χ0v) is 12.2. The van der Waals surface area contributed by atoms with E-state index in [2.05, 4.69) is 29.8 Å². The van der Waals surface area contributed by atoms with E-state index in [4.69, 9.17) is 4.74 Å². The first kappa shape index (κ1) is 14.2. The first-order valence-corrected chi connectivity index (χ1v) is 6.66. The molecule has 0 amide bonds. The summed E-state index contributed by atoms with van der Waals surface area (Å²) in [6.45, 7) is 4.13. The van der Waals surface area contributed by atoms with Crippen molar-refractivity contribution in [2.75, 3.05) is 7.11 Å². The SMILES string of the molecule is COc1ccc(Br)cc1CCC(=O)CC(C)C. The number of methoxy groups -OCH3 is 1. The average Bonchev–Trinajstić information content (AvgIpc) is 2.25. The molecule has 17 heavy (non-hydrogen) atoms. The molecule has 0 unspecified atom stereocenters. The van der Waals surface area contributed by atoms with Crippen molar-refractivity contribution in [1.82, 2.24) is 0 Å². The van der Waals surface area contributed by atoms with Crippen molar-refractivity contribution in [3.63, 3.8) is 0 Å². The van der Waals surface area contributed by atoms with Crippen LogP contribution in [0.1, 0.15) is 32.3 Å². The number of hydrogen-bond donors (Lipinski definition) is 0. The van der Waals surface area contributed by atoms with E-state index in [-0.39, 0.29) is 0 Å². The monoisotopic (exact) mass is 298 g/mol. The van der Waals surface area contributed by atoms with Gasteiger partial charge < -0.3 is 4.74 Å². The molecule has 0 heterocycles. The Morgan fingerprint density at radius 3 is 2.71 bits per heavy atom. The van der Waals surface area contributed by atoms with Gasteiger partial charge in [-0.2, -0.15) is 0 Å². The quantitative estimate of drug-likeness (QED) is 0.793. The number of halogens is 1. The Hall–Kier alpha value is -0.830. The van der Waals surface area contributed by atoms with Gasteiger partial charge in [0, 0.05) is 17.3 Å². The molecule has 0 saturated heterocycles. The van der Waals surface area contributed by atoms with E-state index >= 15 is 0 Å². The molecule has 0 radical (unpaired) electrons. The van der Waals surface area contributed by atoms with Crippen molar-refractivity contribution < 1.29 is 9.53 Å². The molecular weight excluding hydrogens is 280 g/mol. The topological polar surface area (TPSA) is 26.3 Å². The van der Waals surface area contributed by atoms with Crippen molar-refractivity contribution >= 4 is 21.7 Å². The standard InChI is InChI=1S/C14H19BrO2/c1-10(2)8-13(16)6-4-11-9-12(15)5-7-14(11)17-3/h5,7,9-10H,4,6,8H2,1-3H3. The molecule has 3 heteroatoms. The Kier molecular flexibility index (Phi) is 5.69. The van der Waals surface area contributed by atoms with E-state index < -0.39 is 0 Å². The van der Waals surface area contributed by atoms with Crippen molar-refractivity contribution in [2.24, 2.45) is 5.92 Å². The second-order valence-corrected chi connectivity index (χ2v) is 5.51. The fraction of sp³-hybridized carbons (Fsp3) is 0.500. The van der Waals surface area contributed by atoms with Gasteiger partial charge in [-0.1, -0.05) is 29.8 Å². The van der Waals surface area contributed by atoms with Crippen molar-refractivity contribution in [3.05, 3.63) is 28.2 Å². The number of aryl methyl sites for hydroxylation is 1. The number of Topliss-reactive ketones (excluding diaryl/α,β-unsaturated/α-hetero) is 1. The molecule has 0 fully saturated rings. The first-order chi connectivity index (χ1) is 8.02. The third-order valence-corrected chi connectivity index (χ3v) is 3.04. The highest BCUT2D eigenvalue weighted by Crippen LogP contribution is 2.24. The summed E-state index contributed by atoms with van der Waals surface area (Å²) in [5.74, 6) is 1.61. The third kappa shape index (κ3) is 4.90. The van der Waals surface area contributed by atoms with Crippen LogP contribution >= 0.6 is 15.9 Å². The van der Waals surface area contributed by atoms with Crippen molar-refractivity contribution in [2.45, 2.75) is 33.1 Å². The lowest BCUT2D eigenvalue weighted by Gasteiger charge is -2.09. The van der Waals surface area contributed by atoms with Crippen LogP contribution in [-0.2, 0) is 11.2 Å². The summed E-state index contributed by atoms with van der Waals surface area (Å²) >= 11 is 3.43. The van der Waals surface area contributed by atoms with E-state index in [1.165, 1.54) is 0 Å². The lowest BCUT2D eigenvalue weighted by Crippen LogP contribution is -2.04. The smallest absolute Gasteiger partial charge is 0.133 e. The van der Waals surface area contributed by atoms with Gasteiger partial charge in [-0.3, -0.25) is 4.79 Å². The Morgan fingerprint density at radius 1 is 1.41 bits per heavy atom. The second-order valence-electron chi connectivity index (χ2n) is 4.59. The minimum atomic E-state index is 0.321. The van der Waals surface area contributed by atoms with E-state index in [1.807, 2.05) is 18.2 Å². The van der Waals surface area contributed by atoms with Crippen LogP contribution in [0.25, 0.3) is 0 Å². The normalized spacial score (nSPS) is 10.6. The highest BCUT2D eigenvalue weighted by Gasteiger charge is 2.08. The highest BCUT2D eigenvalue weighted by atomic mass is 79.9. The summed E-state index contributed by atoms with van der Waals surface area (Å²) in [7, 11) is 1.66. The van der Waals surface area contributed by atoms with Crippen LogP contribution in [0.5, 0.6) is 5.75 Å². The summed E-state index contributed by atoms with van der Waals surface area (Å²) < 4.78 is 6.30. The molecule has 0 bridgehead atoms. The maximum absolute atomic E-state index is 11.7. The van der Waals surface area contributed by atoms with E-state index in [0.717, 1.165) is 22.2 Å². The maximum atomic E-state index is 11.7. The van der Waals surface area contributed by atoms with Gasteiger partial charge in [0.25, 0.3) is 0 Å². The summed E-state index contributed by atoms with van der Waals surface area (Å²) in [5, 5.41) is 0. The van der Waals surface area contributed by atoms with Crippen LogP contribution in [0.2, 0.25) is 0 Å². The van der Waals surface area contributed by atoms with Crippen LogP contribution in [-0.4, -0.2) is 12.9 Å². The molecule has 0 aliphatic rings. The Morgan fingerprint density at radius 2 is 2.12 bits per heavy atom. The molecular formula is C14H19BrO2. The molecule has 1 rings (SSSR count). The van der Waals surface area contributed by atoms with E-state index in [1.54, 1.807) is 7.11 Å². The molecule has 1 aromatic carbocycles. The number of benzene rings is 1. The minimum Gasteiger partial charge on any atom is -0.496 e. The first-order valence-electron chi connectivity index (χ1n) is 5.87. The largest absolute Gasteiger partial charge is 0.496 e. The van der Waals surface area contributed by atoms with Gasteiger partial charge in [-0.15, -0.1) is 0 Å². The molecule has 0 N–H and O–H groups in total. The van der Waals surface area contributed by atoms with Gasteiger partial charge in [-0.25, -0.2) is 0 Å². The van der Waals surface area contributed by atoms with Crippen LogP contribution in [0.15, 0.2) is 22.7 Å². The van der Waals surface area contributed by atoms with Crippen LogP contribution in [0.3, 0.4) is 0 Å².